The number of thioether (sulfide) groups is 1. The molecule has 74 valence electrons. The first-order valence-corrected chi connectivity index (χ1v) is 6.06. The highest BCUT2D eigenvalue weighted by Gasteiger charge is 2.27. The van der Waals surface area contributed by atoms with Crippen molar-refractivity contribution in [2.45, 2.75) is 6.04 Å². The number of nitrogens with zero attached hydrogens (tertiary/aromatic N) is 3. The predicted octanol–water partition coefficient (Wildman–Crippen LogP) is 2.71. The number of fused-ring (bicyclic) bond motifs is 1. The molecule has 0 saturated carbocycles. The van der Waals surface area contributed by atoms with E-state index in [0.717, 1.165) is 20.1 Å². The molecule has 0 aliphatic carbocycles. The van der Waals surface area contributed by atoms with Crippen LogP contribution in [0.25, 0.3) is 0 Å². The first kappa shape index (κ1) is 9.30. The quantitative estimate of drug-likeness (QED) is 0.779. The molecule has 5 heteroatoms. The third-order valence-electron chi connectivity index (χ3n) is 2.17. The van der Waals surface area contributed by atoms with Gasteiger partial charge in [0.25, 0.3) is 0 Å². The Balaban J connectivity index is 1.94. The van der Waals surface area contributed by atoms with Crippen molar-refractivity contribution in [3.05, 3.63) is 34.3 Å². The number of hydrogen-bond acceptors (Lipinski definition) is 4. The van der Waals surface area contributed by atoms with Crippen molar-refractivity contribution in [3.63, 3.8) is 0 Å². The van der Waals surface area contributed by atoms with E-state index in [2.05, 4.69) is 43.3 Å². The molecular formula is C10H6BrN3S. The van der Waals surface area contributed by atoms with Crippen molar-refractivity contribution in [3.8, 4) is 0 Å². The van der Waals surface area contributed by atoms with Gasteiger partial charge in [0.05, 0.1) is 6.21 Å². The minimum Gasteiger partial charge on any atom is -0.261 e. The summed E-state index contributed by atoms with van der Waals surface area (Å²) < 4.78 is 1.08. The van der Waals surface area contributed by atoms with Crippen LogP contribution in [0.2, 0.25) is 0 Å². The van der Waals surface area contributed by atoms with Crippen molar-refractivity contribution >= 4 is 44.0 Å². The molecule has 1 aromatic carbocycles. The molecule has 0 aromatic heterocycles. The maximum absolute atomic E-state index is 4.53. The second-order valence-electron chi connectivity index (χ2n) is 3.19. The molecule has 0 spiro atoms. The Morgan fingerprint density at radius 1 is 1.20 bits per heavy atom. The van der Waals surface area contributed by atoms with Gasteiger partial charge in [-0.3, -0.25) is 4.99 Å². The lowest BCUT2D eigenvalue weighted by molar-refractivity contribution is 1.22. The summed E-state index contributed by atoms with van der Waals surface area (Å²) in [6.45, 7) is 0. The highest BCUT2D eigenvalue weighted by Crippen LogP contribution is 2.28. The third kappa shape index (κ3) is 1.66. The Labute approximate surface area is 99.5 Å². The Morgan fingerprint density at radius 3 is 2.73 bits per heavy atom. The maximum atomic E-state index is 4.53. The molecular weight excluding hydrogens is 274 g/mol. The Morgan fingerprint density at radius 2 is 2.00 bits per heavy atom. The van der Waals surface area contributed by atoms with E-state index in [1.54, 1.807) is 18.0 Å². The van der Waals surface area contributed by atoms with Gasteiger partial charge in [0.15, 0.2) is 0 Å². The van der Waals surface area contributed by atoms with E-state index in [4.69, 9.17) is 0 Å². The van der Waals surface area contributed by atoms with Crippen molar-refractivity contribution in [2.75, 3.05) is 0 Å². The van der Waals surface area contributed by atoms with Gasteiger partial charge < -0.3 is 0 Å². The lowest BCUT2D eigenvalue weighted by atomic mass is 10.2. The molecule has 0 bridgehead atoms. The smallest absolute Gasteiger partial charge is 0.138 e. The number of aliphatic imine (C=N–C) groups is 1. The molecule has 0 fully saturated rings. The normalized spacial score (nSPS) is 22.6. The molecule has 15 heavy (non-hydrogen) atoms. The van der Waals surface area contributed by atoms with E-state index in [0.29, 0.717) is 0 Å². The molecule has 3 rings (SSSR count). The SMILES string of the molecule is Brc1ccc(C2=NC3C=NN=C3S2)cc1. The van der Waals surface area contributed by atoms with Crippen molar-refractivity contribution in [2.24, 2.45) is 15.2 Å². The molecule has 0 amide bonds. The van der Waals surface area contributed by atoms with Gasteiger partial charge in [-0.1, -0.05) is 28.1 Å². The van der Waals surface area contributed by atoms with Crippen LogP contribution in [0.3, 0.4) is 0 Å². The predicted molar refractivity (Wildman–Crippen MR) is 68.0 cm³/mol. The molecule has 1 atom stereocenters. The van der Waals surface area contributed by atoms with Gasteiger partial charge in [-0.05, 0) is 23.9 Å². The van der Waals surface area contributed by atoms with Gasteiger partial charge in [-0.15, -0.1) is 5.10 Å². The Kier molecular flexibility index (Phi) is 2.21. The molecule has 2 heterocycles. The summed E-state index contributed by atoms with van der Waals surface area (Å²) in [7, 11) is 0. The molecule has 2 aliphatic heterocycles. The van der Waals surface area contributed by atoms with Crippen LogP contribution in [-0.2, 0) is 0 Å². The van der Waals surface area contributed by atoms with Gasteiger partial charge in [0.1, 0.15) is 16.1 Å². The number of benzene rings is 1. The lowest BCUT2D eigenvalue weighted by Crippen LogP contribution is -2.06. The summed E-state index contributed by atoms with van der Waals surface area (Å²) in [6, 6.07) is 8.20. The lowest BCUT2D eigenvalue weighted by Gasteiger charge is -1.98. The average molecular weight is 280 g/mol. The van der Waals surface area contributed by atoms with Gasteiger partial charge in [-0.25, -0.2) is 0 Å². The second-order valence-corrected chi connectivity index (χ2v) is 5.12. The van der Waals surface area contributed by atoms with Crippen molar-refractivity contribution in [1.82, 2.24) is 0 Å². The molecule has 0 N–H and O–H groups in total. The zero-order chi connectivity index (χ0) is 10.3. The molecule has 2 aliphatic rings. The van der Waals surface area contributed by atoms with Gasteiger partial charge in [0.2, 0.25) is 0 Å². The zero-order valence-corrected chi connectivity index (χ0v) is 9.99. The van der Waals surface area contributed by atoms with E-state index in [-0.39, 0.29) is 6.04 Å². The highest BCUT2D eigenvalue weighted by atomic mass is 79.9. The van der Waals surface area contributed by atoms with Crippen LogP contribution in [0.4, 0.5) is 0 Å². The van der Waals surface area contributed by atoms with Crippen LogP contribution in [0, 0.1) is 0 Å². The van der Waals surface area contributed by atoms with Crippen LogP contribution in [0.15, 0.2) is 43.9 Å². The minimum atomic E-state index is 0.0636. The van der Waals surface area contributed by atoms with E-state index < -0.39 is 0 Å². The van der Waals surface area contributed by atoms with Crippen LogP contribution in [0.5, 0.6) is 0 Å². The van der Waals surface area contributed by atoms with E-state index >= 15 is 0 Å². The van der Waals surface area contributed by atoms with E-state index in [1.165, 1.54) is 0 Å². The van der Waals surface area contributed by atoms with Gasteiger partial charge >= 0.3 is 0 Å². The maximum Gasteiger partial charge on any atom is 0.138 e. The standard InChI is InChI=1S/C10H6BrN3S/c11-7-3-1-6(2-4-7)9-13-8-5-12-14-10(8)15-9/h1-5,8H. The molecule has 0 radical (unpaired) electrons. The summed E-state index contributed by atoms with van der Waals surface area (Å²) in [5.74, 6) is 0. The second kappa shape index (κ2) is 3.57. The average Bonchev–Trinajstić information content (AvgIpc) is 2.78. The first-order valence-electron chi connectivity index (χ1n) is 4.45. The number of hydrogen-bond donors (Lipinski definition) is 0. The van der Waals surface area contributed by atoms with Crippen LogP contribution >= 0.6 is 27.7 Å². The third-order valence-corrected chi connectivity index (χ3v) is 3.76. The first-order chi connectivity index (χ1) is 7.33. The summed E-state index contributed by atoms with van der Waals surface area (Å²) in [4.78, 5) is 4.53. The summed E-state index contributed by atoms with van der Waals surface area (Å²) in [5.41, 5.74) is 1.13. The van der Waals surface area contributed by atoms with Crippen molar-refractivity contribution in [1.29, 1.82) is 0 Å². The fourth-order valence-electron chi connectivity index (χ4n) is 1.42. The fourth-order valence-corrected chi connectivity index (χ4v) is 2.63. The van der Waals surface area contributed by atoms with Crippen LogP contribution in [-0.4, -0.2) is 22.3 Å². The Bertz CT molecular complexity index is 490. The number of rotatable bonds is 1. The van der Waals surface area contributed by atoms with Gasteiger partial charge in [-0.2, -0.15) is 5.10 Å². The van der Waals surface area contributed by atoms with Crippen molar-refractivity contribution < 1.29 is 0 Å². The summed E-state index contributed by atoms with van der Waals surface area (Å²) in [5, 5.41) is 9.86. The zero-order valence-electron chi connectivity index (χ0n) is 7.59. The summed E-state index contributed by atoms with van der Waals surface area (Å²) in [6.07, 6.45) is 1.77. The van der Waals surface area contributed by atoms with E-state index in [9.17, 15) is 0 Å². The van der Waals surface area contributed by atoms with Gasteiger partial charge in [0, 0.05) is 10.0 Å². The van der Waals surface area contributed by atoms with Crippen LogP contribution < -0.4 is 0 Å². The largest absolute Gasteiger partial charge is 0.261 e. The molecule has 1 aromatic rings. The van der Waals surface area contributed by atoms with Crippen LogP contribution in [0.1, 0.15) is 5.56 Å². The summed E-state index contributed by atoms with van der Waals surface area (Å²) >= 11 is 5.01. The molecule has 0 saturated heterocycles. The Hall–Kier alpha value is -0.940. The topological polar surface area (TPSA) is 37.1 Å². The van der Waals surface area contributed by atoms with E-state index in [1.807, 2.05) is 12.1 Å². The monoisotopic (exact) mass is 279 g/mol. The number of halogens is 1. The molecule has 1 unspecified atom stereocenters. The highest BCUT2D eigenvalue weighted by molar-refractivity contribution is 9.10. The minimum absolute atomic E-state index is 0.0636. The fraction of sp³-hybridized carbons (Fsp3) is 0.100. The molecule has 3 nitrogen and oxygen atoms in total.